The van der Waals surface area contributed by atoms with Gasteiger partial charge in [0, 0.05) is 18.3 Å². The van der Waals surface area contributed by atoms with Gasteiger partial charge in [-0.1, -0.05) is 6.08 Å². The van der Waals surface area contributed by atoms with E-state index in [-0.39, 0.29) is 0 Å². The third-order valence-corrected chi connectivity index (χ3v) is 1.89. The largest absolute Gasteiger partial charge is 0.378 e. The molecule has 58 valence electrons. The van der Waals surface area contributed by atoms with Gasteiger partial charge in [0.05, 0.1) is 0 Å². The Hall–Kier alpha value is -0.110. The Morgan fingerprint density at radius 2 is 2.00 bits per heavy atom. The van der Waals surface area contributed by atoms with Crippen molar-refractivity contribution >= 4 is 12.6 Å². The molecule has 1 saturated heterocycles. The zero-order valence-electron chi connectivity index (χ0n) is 6.45. The van der Waals surface area contributed by atoms with E-state index in [1.54, 1.807) is 0 Å². The fraction of sp³-hybridized carbons (Fsp3) is 0.750. The predicted octanol–water partition coefficient (Wildman–Crippen LogP) is 1.91. The summed E-state index contributed by atoms with van der Waals surface area (Å²) in [7, 11) is 0. The van der Waals surface area contributed by atoms with E-state index in [2.05, 4.69) is 36.7 Å². The van der Waals surface area contributed by atoms with E-state index in [4.69, 9.17) is 0 Å². The van der Waals surface area contributed by atoms with Gasteiger partial charge < -0.3 is 4.90 Å². The second kappa shape index (κ2) is 3.91. The number of thiol groups is 1. The van der Waals surface area contributed by atoms with Gasteiger partial charge in [-0.2, -0.15) is 12.6 Å². The highest BCUT2D eigenvalue weighted by molar-refractivity contribution is 7.81. The first kappa shape index (κ1) is 7.99. The third kappa shape index (κ3) is 2.65. The maximum atomic E-state index is 4.26. The van der Waals surface area contributed by atoms with Crippen LogP contribution in [0, 0.1) is 0 Å². The lowest BCUT2D eigenvalue weighted by Crippen LogP contribution is -2.10. The topological polar surface area (TPSA) is 3.24 Å². The minimum Gasteiger partial charge on any atom is -0.378 e. The molecule has 0 amide bonds. The summed E-state index contributed by atoms with van der Waals surface area (Å²) in [5, 5.41) is 0.389. The molecule has 1 heterocycles. The molecule has 0 radical (unpaired) electrons. The molecular weight excluding hydrogens is 142 g/mol. The van der Waals surface area contributed by atoms with Crippen LogP contribution in [0.5, 0.6) is 0 Å². The molecule has 0 aromatic rings. The van der Waals surface area contributed by atoms with Gasteiger partial charge in [-0.3, -0.25) is 0 Å². The van der Waals surface area contributed by atoms with E-state index in [9.17, 15) is 0 Å². The fourth-order valence-corrected chi connectivity index (χ4v) is 1.21. The van der Waals surface area contributed by atoms with Crippen molar-refractivity contribution < 1.29 is 0 Å². The molecule has 0 bridgehead atoms. The van der Waals surface area contributed by atoms with Crippen LogP contribution in [0.3, 0.4) is 0 Å². The van der Waals surface area contributed by atoms with Crippen molar-refractivity contribution in [2.75, 3.05) is 13.1 Å². The van der Waals surface area contributed by atoms with Gasteiger partial charge >= 0.3 is 0 Å². The number of hydrogen-bond acceptors (Lipinski definition) is 2. The van der Waals surface area contributed by atoms with Gasteiger partial charge in [-0.25, -0.2) is 0 Å². The average molecular weight is 157 g/mol. The predicted molar refractivity (Wildman–Crippen MR) is 48.4 cm³/mol. The van der Waals surface area contributed by atoms with Crippen molar-refractivity contribution in [1.82, 2.24) is 4.90 Å². The molecule has 1 unspecified atom stereocenters. The van der Waals surface area contributed by atoms with Crippen LogP contribution in [-0.4, -0.2) is 23.2 Å². The van der Waals surface area contributed by atoms with Gasteiger partial charge in [-0.15, -0.1) is 0 Å². The van der Waals surface area contributed by atoms with E-state index in [0.29, 0.717) is 5.25 Å². The molecule has 0 N–H and O–H groups in total. The second-order valence-electron chi connectivity index (χ2n) is 2.83. The van der Waals surface area contributed by atoms with Gasteiger partial charge in [0.1, 0.15) is 0 Å². The normalized spacial score (nSPS) is 22.4. The van der Waals surface area contributed by atoms with E-state index in [1.165, 1.54) is 25.9 Å². The molecule has 2 heteroatoms. The summed E-state index contributed by atoms with van der Waals surface area (Å²) in [5.74, 6) is 0. The first-order valence-electron chi connectivity index (χ1n) is 3.89. The minimum absolute atomic E-state index is 0.389. The Labute approximate surface area is 68.5 Å². The first-order valence-corrected chi connectivity index (χ1v) is 4.41. The van der Waals surface area contributed by atoms with Crippen molar-refractivity contribution in [3.05, 3.63) is 12.3 Å². The minimum atomic E-state index is 0.389. The van der Waals surface area contributed by atoms with Crippen LogP contribution in [0.2, 0.25) is 0 Å². The summed E-state index contributed by atoms with van der Waals surface area (Å²) in [6.45, 7) is 4.55. The van der Waals surface area contributed by atoms with E-state index in [1.807, 2.05) is 0 Å². The third-order valence-electron chi connectivity index (χ3n) is 1.72. The van der Waals surface area contributed by atoms with E-state index in [0.717, 1.165) is 0 Å². The lowest BCUT2D eigenvalue weighted by Gasteiger charge is -2.10. The Kier molecular flexibility index (Phi) is 3.13. The molecular formula is C8H15NS. The zero-order valence-corrected chi connectivity index (χ0v) is 7.35. The number of hydrogen-bond donors (Lipinski definition) is 1. The summed E-state index contributed by atoms with van der Waals surface area (Å²) in [6, 6.07) is 0. The lowest BCUT2D eigenvalue weighted by molar-refractivity contribution is 0.467. The molecule has 0 aromatic carbocycles. The molecule has 10 heavy (non-hydrogen) atoms. The summed E-state index contributed by atoms with van der Waals surface area (Å²) >= 11 is 4.26. The smallest absolute Gasteiger partial charge is 0.0185 e. The van der Waals surface area contributed by atoms with Gasteiger partial charge in [0.15, 0.2) is 0 Å². The second-order valence-corrected chi connectivity index (χ2v) is 3.64. The zero-order chi connectivity index (χ0) is 7.40. The number of nitrogens with zero attached hydrogens (tertiary/aromatic N) is 1. The molecule has 0 aromatic heterocycles. The molecule has 0 saturated carbocycles. The summed E-state index contributed by atoms with van der Waals surface area (Å²) in [4.78, 5) is 2.35. The SMILES string of the molecule is CC(S)/C=C/N1CCCC1. The van der Waals surface area contributed by atoms with Crippen molar-refractivity contribution in [3.63, 3.8) is 0 Å². The molecule has 1 fully saturated rings. The molecule has 0 spiro atoms. The van der Waals surface area contributed by atoms with Crippen LogP contribution >= 0.6 is 12.6 Å². The van der Waals surface area contributed by atoms with Crippen LogP contribution in [0.4, 0.5) is 0 Å². The quantitative estimate of drug-likeness (QED) is 0.599. The maximum Gasteiger partial charge on any atom is 0.0185 e. The highest BCUT2D eigenvalue weighted by Crippen LogP contribution is 2.08. The van der Waals surface area contributed by atoms with Crippen molar-refractivity contribution in [2.24, 2.45) is 0 Å². The Morgan fingerprint density at radius 3 is 2.50 bits per heavy atom. The Bertz CT molecular complexity index is 114. The van der Waals surface area contributed by atoms with Crippen molar-refractivity contribution in [1.29, 1.82) is 0 Å². The van der Waals surface area contributed by atoms with E-state index >= 15 is 0 Å². The van der Waals surface area contributed by atoms with Gasteiger partial charge in [0.25, 0.3) is 0 Å². The van der Waals surface area contributed by atoms with Gasteiger partial charge in [0.2, 0.25) is 0 Å². The fourth-order valence-electron chi connectivity index (χ4n) is 1.14. The van der Waals surface area contributed by atoms with E-state index < -0.39 is 0 Å². The molecule has 1 rings (SSSR count). The first-order chi connectivity index (χ1) is 4.79. The van der Waals surface area contributed by atoms with Crippen LogP contribution in [0.15, 0.2) is 12.3 Å². The molecule has 1 nitrogen and oxygen atoms in total. The summed E-state index contributed by atoms with van der Waals surface area (Å²) in [5.41, 5.74) is 0. The number of rotatable bonds is 2. The molecule has 0 aliphatic carbocycles. The highest BCUT2D eigenvalue weighted by Gasteiger charge is 2.05. The molecule has 1 aliphatic rings. The standard InChI is InChI=1S/C8H15NS/c1-8(10)4-7-9-5-2-3-6-9/h4,7-8,10H,2-3,5-6H2,1H3/b7-4+. The van der Waals surface area contributed by atoms with Crippen LogP contribution in [0.25, 0.3) is 0 Å². The molecule has 1 atom stereocenters. The summed E-state index contributed by atoms with van der Waals surface area (Å²) < 4.78 is 0. The van der Waals surface area contributed by atoms with Crippen LogP contribution in [0.1, 0.15) is 19.8 Å². The Morgan fingerprint density at radius 1 is 1.40 bits per heavy atom. The monoisotopic (exact) mass is 157 g/mol. The number of likely N-dealkylation sites (tertiary alicyclic amines) is 1. The van der Waals surface area contributed by atoms with Gasteiger partial charge in [-0.05, 0) is 26.0 Å². The summed E-state index contributed by atoms with van der Waals surface area (Å²) in [6.07, 6.45) is 7.01. The molecule has 1 aliphatic heterocycles. The maximum absolute atomic E-state index is 4.26. The van der Waals surface area contributed by atoms with Crippen LogP contribution < -0.4 is 0 Å². The average Bonchev–Trinajstić information content (AvgIpc) is 2.34. The van der Waals surface area contributed by atoms with Crippen LogP contribution in [-0.2, 0) is 0 Å². The highest BCUT2D eigenvalue weighted by atomic mass is 32.1. The Balaban J connectivity index is 2.23. The van der Waals surface area contributed by atoms with Crippen molar-refractivity contribution in [3.8, 4) is 0 Å². The van der Waals surface area contributed by atoms with Crippen molar-refractivity contribution in [2.45, 2.75) is 25.0 Å². The lowest BCUT2D eigenvalue weighted by atomic mass is 10.4.